The Morgan fingerprint density at radius 1 is 1.17 bits per heavy atom. The quantitative estimate of drug-likeness (QED) is 0.921. The molecule has 2 heterocycles. The summed E-state index contributed by atoms with van der Waals surface area (Å²) in [6.45, 7) is 5.80. The van der Waals surface area contributed by atoms with E-state index in [1.165, 1.54) is 12.8 Å². The van der Waals surface area contributed by atoms with Gasteiger partial charge in [-0.3, -0.25) is 4.79 Å². The molecule has 0 saturated carbocycles. The lowest BCUT2D eigenvalue weighted by molar-refractivity contribution is -0.115. The average molecular weight is 345 g/mol. The van der Waals surface area contributed by atoms with Gasteiger partial charge in [-0.2, -0.15) is 0 Å². The van der Waals surface area contributed by atoms with E-state index in [0.717, 1.165) is 36.0 Å². The van der Waals surface area contributed by atoms with Crippen LogP contribution in [0.15, 0.2) is 24.3 Å². The fourth-order valence-corrected chi connectivity index (χ4v) is 3.14. The number of carbonyl (C=O) groups is 1. The van der Waals surface area contributed by atoms with Crippen LogP contribution in [0.5, 0.6) is 0 Å². The lowest BCUT2D eigenvalue weighted by Gasteiger charge is -2.18. The maximum Gasteiger partial charge on any atom is 0.228 e. The normalized spacial score (nSPS) is 14.0. The lowest BCUT2D eigenvalue weighted by atomic mass is 10.1. The largest absolute Gasteiger partial charge is 0.341 e. The molecule has 1 amide bonds. The molecule has 5 nitrogen and oxygen atoms in total. The van der Waals surface area contributed by atoms with Gasteiger partial charge in [0.2, 0.25) is 11.9 Å². The number of carbonyl (C=O) groups excluding carboxylic acids is 1. The average Bonchev–Trinajstić information content (AvgIpc) is 3.07. The number of hydrogen-bond acceptors (Lipinski definition) is 4. The van der Waals surface area contributed by atoms with Crippen molar-refractivity contribution in [2.75, 3.05) is 23.3 Å². The van der Waals surface area contributed by atoms with Crippen LogP contribution >= 0.6 is 11.6 Å². The smallest absolute Gasteiger partial charge is 0.228 e. The molecule has 1 aromatic carbocycles. The molecule has 126 valence electrons. The molecule has 0 atom stereocenters. The number of aromatic nitrogens is 2. The van der Waals surface area contributed by atoms with E-state index in [4.69, 9.17) is 11.6 Å². The standard InChI is InChI=1S/C18H21ClN4O/c1-12-17(13(2)21-18(20-12)23-9-5-6-10-23)22-16(24)11-14-7-3-4-8-15(14)19/h3-4,7-8H,5-6,9-11H2,1-2H3,(H,22,24). The second-order valence-corrected chi connectivity index (χ2v) is 6.49. The van der Waals surface area contributed by atoms with Crippen molar-refractivity contribution in [1.29, 1.82) is 0 Å². The second-order valence-electron chi connectivity index (χ2n) is 6.08. The first-order valence-electron chi connectivity index (χ1n) is 8.18. The van der Waals surface area contributed by atoms with Gasteiger partial charge in [0.25, 0.3) is 0 Å². The monoisotopic (exact) mass is 344 g/mol. The molecule has 1 aromatic heterocycles. The third kappa shape index (κ3) is 3.67. The molecule has 1 saturated heterocycles. The number of aryl methyl sites for hydroxylation is 2. The fraction of sp³-hybridized carbons (Fsp3) is 0.389. The molecule has 1 fully saturated rings. The molecule has 0 bridgehead atoms. The van der Waals surface area contributed by atoms with E-state index in [0.29, 0.717) is 10.7 Å². The number of benzene rings is 1. The third-order valence-electron chi connectivity index (χ3n) is 4.22. The lowest BCUT2D eigenvalue weighted by Crippen LogP contribution is -2.23. The van der Waals surface area contributed by atoms with Gasteiger partial charge in [0.05, 0.1) is 23.5 Å². The minimum Gasteiger partial charge on any atom is -0.341 e. The van der Waals surface area contributed by atoms with Gasteiger partial charge in [0.1, 0.15) is 0 Å². The third-order valence-corrected chi connectivity index (χ3v) is 4.59. The van der Waals surface area contributed by atoms with Crippen LogP contribution in [0, 0.1) is 13.8 Å². The van der Waals surface area contributed by atoms with Crippen molar-refractivity contribution in [1.82, 2.24) is 9.97 Å². The van der Waals surface area contributed by atoms with Crippen LogP contribution in [0.4, 0.5) is 11.6 Å². The highest BCUT2D eigenvalue weighted by Gasteiger charge is 2.18. The van der Waals surface area contributed by atoms with E-state index in [2.05, 4.69) is 20.2 Å². The molecule has 2 aromatic rings. The first-order valence-corrected chi connectivity index (χ1v) is 8.56. The first-order chi connectivity index (χ1) is 11.5. The zero-order valence-corrected chi connectivity index (χ0v) is 14.7. The number of nitrogens with one attached hydrogen (secondary N) is 1. The predicted octanol–water partition coefficient (Wildman–Crippen LogP) is 3.53. The molecule has 0 unspecified atom stereocenters. The van der Waals surface area contributed by atoms with Crippen molar-refractivity contribution < 1.29 is 4.79 Å². The van der Waals surface area contributed by atoms with Gasteiger partial charge in [-0.25, -0.2) is 9.97 Å². The summed E-state index contributed by atoms with van der Waals surface area (Å²) in [5.41, 5.74) is 3.07. The summed E-state index contributed by atoms with van der Waals surface area (Å²) >= 11 is 6.12. The zero-order chi connectivity index (χ0) is 17.1. The highest BCUT2D eigenvalue weighted by molar-refractivity contribution is 6.31. The predicted molar refractivity (Wildman–Crippen MR) is 96.7 cm³/mol. The van der Waals surface area contributed by atoms with Crippen LogP contribution in [0.25, 0.3) is 0 Å². The van der Waals surface area contributed by atoms with E-state index in [-0.39, 0.29) is 12.3 Å². The van der Waals surface area contributed by atoms with Gasteiger partial charge < -0.3 is 10.2 Å². The molecule has 1 N–H and O–H groups in total. The molecule has 6 heteroatoms. The highest BCUT2D eigenvalue weighted by Crippen LogP contribution is 2.23. The number of rotatable bonds is 4. The summed E-state index contributed by atoms with van der Waals surface area (Å²) < 4.78 is 0. The van der Waals surface area contributed by atoms with Crippen LogP contribution in [-0.4, -0.2) is 29.0 Å². The number of anilines is 2. The first kappa shape index (κ1) is 16.7. The summed E-state index contributed by atoms with van der Waals surface area (Å²) in [4.78, 5) is 23.7. The van der Waals surface area contributed by atoms with Crippen LogP contribution in [-0.2, 0) is 11.2 Å². The Kier molecular flexibility index (Phi) is 5.00. The number of halogens is 1. The fourth-order valence-electron chi connectivity index (χ4n) is 2.94. The van der Waals surface area contributed by atoms with Crippen molar-refractivity contribution in [3.8, 4) is 0 Å². The van der Waals surface area contributed by atoms with Gasteiger partial charge in [-0.05, 0) is 38.3 Å². The molecular weight excluding hydrogens is 324 g/mol. The SMILES string of the molecule is Cc1nc(N2CCCC2)nc(C)c1NC(=O)Cc1ccccc1Cl. The molecule has 1 aliphatic rings. The van der Waals surface area contributed by atoms with Gasteiger partial charge in [0.15, 0.2) is 0 Å². The Morgan fingerprint density at radius 3 is 2.42 bits per heavy atom. The summed E-state index contributed by atoms with van der Waals surface area (Å²) in [5.74, 6) is 0.637. The number of hydrogen-bond donors (Lipinski definition) is 1. The number of nitrogens with zero attached hydrogens (tertiary/aromatic N) is 3. The van der Waals surface area contributed by atoms with E-state index < -0.39 is 0 Å². The van der Waals surface area contributed by atoms with Gasteiger partial charge in [-0.15, -0.1) is 0 Å². The Hall–Kier alpha value is -2.14. The van der Waals surface area contributed by atoms with Crippen molar-refractivity contribution in [3.63, 3.8) is 0 Å². The Labute approximate surface area is 147 Å². The second kappa shape index (κ2) is 7.18. The van der Waals surface area contributed by atoms with Crippen molar-refractivity contribution in [2.24, 2.45) is 0 Å². The maximum atomic E-state index is 12.3. The molecule has 0 aliphatic carbocycles. The topological polar surface area (TPSA) is 58.1 Å². The summed E-state index contributed by atoms with van der Waals surface area (Å²) in [7, 11) is 0. The van der Waals surface area contributed by atoms with E-state index in [1.54, 1.807) is 6.07 Å². The Balaban J connectivity index is 1.75. The molecule has 0 spiro atoms. The Morgan fingerprint density at radius 2 is 1.79 bits per heavy atom. The van der Waals surface area contributed by atoms with E-state index in [1.807, 2.05) is 32.0 Å². The van der Waals surface area contributed by atoms with Crippen molar-refractivity contribution >= 4 is 29.1 Å². The Bertz CT molecular complexity index is 733. The molecule has 3 rings (SSSR count). The molecule has 1 aliphatic heterocycles. The minimum absolute atomic E-state index is 0.119. The molecule has 0 radical (unpaired) electrons. The molecular formula is C18H21ClN4O. The van der Waals surface area contributed by atoms with E-state index >= 15 is 0 Å². The summed E-state index contributed by atoms with van der Waals surface area (Å²) in [6, 6.07) is 7.37. The van der Waals surface area contributed by atoms with E-state index in [9.17, 15) is 4.79 Å². The highest BCUT2D eigenvalue weighted by atomic mass is 35.5. The van der Waals surface area contributed by atoms with Crippen molar-refractivity contribution in [3.05, 3.63) is 46.2 Å². The van der Waals surface area contributed by atoms with Crippen LogP contribution < -0.4 is 10.2 Å². The van der Waals surface area contributed by atoms with Gasteiger partial charge in [0, 0.05) is 18.1 Å². The van der Waals surface area contributed by atoms with Crippen LogP contribution in [0.1, 0.15) is 29.8 Å². The van der Waals surface area contributed by atoms with Crippen LogP contribution in [0.2, 0.25) is 5.02 Å². The number of amides is 1. The van der Waals surface area contributed by atoms with Gasteiger partial charge in [-0.1, -0.05) is 29.8 Å². The van der Waals surface area contributed by atoms with Crippen molar-refractivity contribution in [2.45, 2.75) is 33.1 Å². The summed E-state index contributed by atoms with van der Waals surface area (Å²) in [5, 5.41) is 3.53. The molecule has 24 heavy (non-hydrogen) atoms. The summed E-state index contributed by atoms with van der Waals surface area (Å²) in [6.07, 6.45) is 2.59. The zero-order valence-electron chi connectivity index (χ0n) is 14.0. The van der Waals surface area contributed by atoms with Crippen LogP contribution in [0.3, 0.4) is 0 Å². The maximum absolute atomic E-state index is 12.3. The van der Waals surface area contributed by atoms with Gasteiger partial charge >= 0.3 is 0 Å². The minimum atomic E-state index is -0.119.